The van der Waals surface area contributed by atoms with Crippen LogP contribution in [-0.2, 0) is 0 Å². The Labute approximate surface area is 121 Å². The normalized spacial score (nSPS) is 10.3. The van der Waals surface area contributed by atoms with Gasteiger partial charge in [0.25, 0.3) is 0 Å². The van der Waals surface area contributed by atoms with Gasteiger partial charge in [0, 0.05) is 16.4 Å². The van der Waals surface area contributed by atoms with Crippen LogP contribution in [-0.4, -0.2) is 4.98 Å². The van der Waals surface area contributed by atoms with Gasteiger partial charge in [-0.3, -0.25) is 0 Å². The number of pyridine rings is 1. The lowest BCUT2D eigenvalue weighted by molar-refractivity contribution is 0.869. The molecule has 0 radical (unpaired) electrons. The van der Waals surface area contributed by atoms with Crippen molar-refractivity contribution in [2.75, 3.05) is 5.32 Å². The second kappa shape index (κ2) is 5.85. The SMILES string of the molecule is CC(C)c1ccccc1Nc1ncc(Br)cc1C#N. The molecule has 0 aliphatic heterocycles. The van der Waals surface area contributed by atoms with E-state index in [1.165, 1.54) is 5.56 Å². The number of nitrogens with zero attached hydrogens (tertiary/aromatic N) is 2. The van der Waals surface area contributed by atoms with Crippen molar-refractivity contribution in [3.05, 3.63) is 52.1 Å². The van der Waals surface area contributed by atoms with Gasteiger partial charge in [-0.05, 0) is 39.5 Å². The summed E-state index contributed by atoms with van der Waals surface area (Å²) in [4.78, 5) is 4.26. The molecule has 3 nitrogen and oxygen atoms in total. The van der Waals surface area contributed by atoms with Crippen LogP contribution in [0.4, 0.5) is 11.5 Å². The fourth-order valence-electron chi connectivity index (χ4n) is 1.87. The van der Waals surface area contributed by atoms with Gasteiger partial charge >= 0.3 is 0 Å². The van der Waals surface area contributed by atoms with E-state index in [-0.39, 0.29) is 0 Å². The highest BCUT2D eigenvalue weighted by Crippen LogP contribution is 2.28. The Bertz CT molecular complexity index is 630. The monoisotopic (exact) mass is 315 g/mol. The molecule has 0 bridgehead atoms. The molecule has 96 valence electrons. The van der Waals surface area contributed by atoms with E-state index in [1.807, 2.05) is 18.2 Å². The second-order valence-corrected chi connectivity index (χ2v) is 5.44. The molecular formula is C15H14BrN3. The Morgan fingerprint density at radius 2 is 2.05 bits per heavy atom. The second-order valence-electron chi connectivity index (χ2n) is 4.53. The first-order valence-corrected chi connectivity index (χ1v) is 6.82. The predicted molar refractivity (Wildman–Crippen MR) is 80.5 cm³/mol. The third-order valence-corrected chi connectivity index (χ3v) is 3.24. The highest BCUT2D eigenvalue weighted by Gasteiger charge is 2.09. The molecule has 0 spiro atoms. The van der Waals surface area contributed by atoms with Crippen LogP contribution in [0.3, 0.4) is 0 Å². The largest absolute Gasteiger partial charge is 0.339 e. The van der Waals surface area contributed by atoms with Crippen molar-refractivity contribution in [2.45, 2.75) is 19.8 Å². The zero-order valence-electron chi connectivity index (χ0n) is 10.8. The minimum absolute atomic E-state index is 0.407. The standard InChI is InChI=1S/C15H14BrN3/c1-10(2)13-5-3-4-6-14(13)19-15-11(8-17)7-12(16)9-18-15/h3-7,9-10H,1-2H3,(H,18,19). The van der Waals surface area contributed by atoms with Crippen molar-refractivity contribution < 1.29 is 0 Å². The smallest absolute Gasteiger partial charge is 0.148 e. The maximum Gasteiger partial charge on any atom is 0.148 e. The summed E-state index contributed by atoms with van der Waals surface area (Å²) in [5.74, 6) is 0.989. The molecule has 4 heteroatoms. The van der Waals surface area contributed by atoms with Gasteiger partial charge in [0.05, 0.1) is 5.56 Å². The first kappa shape index (κ1) is 13.6. The topological polar surface area (TPSA) is 48.7 Å². The van der Waals surface area contributed by atoms with Gasteiger partial charge in [-0.15, -0.1) is 0 Å². The van der Waals surface area contributed by atoms with Gasteiger partial charge in [0.15, 0.2) is 0 Å². The van der Waals surface area contributed by atoms with E-state index in [2.05, 4.69) is 52.2 Å². The lowest BCUT2D eigenvalue weighted by atomic mass is 10.0. The predicted octanol–water partition coefficient (Wildman–Crippen LogP) is 4.58. The molecule has 1 aromatic carbocycles. The van der Waals surface area contributed by atoms with Gasteiger partial charge < -0.3 is 5.32 Å². The summed E-state index contributed by atoms with van der Waals surface area (Å²) in [6, 6.07) is 12.0. The minimum Gasteiger partial charge on any atom is -0.339 e. The van der Waals surface area contributed by atoms with Crippen LogP contribution in [0.5, 0.6) is 0 Å². The number of halogens is 1. The summed E-state index contributed by atoms with van der Waals surface area (Å²) >= 11 is 3.32. The molecule has 0 saturated carbocycles. The highest BCUT2D eigenvalue weighted by atomic mass is 79.9. The van der Waals surface area contributed by atoms with Crippen molar-refractivity contribution >= 4 is 27.4 Å². The number of para-hydroxylation sites is 1. The van der Waals surface area contributed by atoms with Crippen molar-refractivity contribution in [2.24, 2.45) is 0 Å². The Balaban J connectivity index is 2.40. The molecule has 1 aromatic heterocycles. The quantitative estimate of drug-likeness (QED) is 0.901. The Hall–Kier alpha value is -1.86. The molecule has 0 saturated heterocycles. The molecule has 0 fully saturated rings. The summed E-state index contributed by atoms with van der Waals surface area (Å²) in [6.45, 7) is 4.28. The lowest BCUT2D eigenvalue weighted by Crippen LogP contribution is -2.01. The number of nitriles is 1. The van der Waals surface area contributed by atoms with E-state index in [4.69, 9.17) is 5.26 Å². The number of nitrogens with one attached hydrogen (secondary N) is 1. The third-order valence-electron chi connectivity index (χ3n) is 2.81. The van der Waals surface area contributed by atoms with Crippen molar-refractivity contribution in [1.29, 1.82) is 5.26 Å². The molecule has 0 atom stereocenters. The molecule has 19 heavy (non-hydrogen) atoms. The van der Waals surface area contributed by atoms with Gasteiger partial charge in [-0.2, -0.15) is 5.26 Å². The van der Waals surface area contributed by atoms with E-state index in [0.29, 0.717) is 17.3 Å². The Morgan fingerprint density at radius 3 is 2.74 bits per heavy atom. The van der Waals surface area contributed by atoms with Crippen LogP contribution in [0.2, 0.25) is 0 Å². The average Bonchev–Trinajstić information content (AvgIpc) is 2.41. The molecule has 0 amide bonds. The molecule has 1 N–H and O–H groups in total. The van der Waals surface area contributed by atoms with Gasteiger partial charge in [-0.25, -0.2) is 4.98 Å². The van der Waals surface area contributed by atoms with E-state index in [9.17, 15) is 0 Å². The summed E-state index contributed by atoms with van der Waals surface area (Å²) in [5.41, 5.74) is 2.72. The van der Waals surface area contributed by atoms with Crippen LogP contribution < -0.4 is 5.32 Å². The number of hydrogen-bond donors (Lipinski definition) is 1. The summed E-state index contributed by atoms with van der Waals surface area (Å²) in [7, 11) is 0. The van der Waals surface area contributed by atoms with E-state index in [0.717, 1.165) is 10.2 Å². The van der Waals surface area contributed by atoms with E-state index < -0.39 is 0 Å². The first-order chi connectivity index (χ1) is 9.11. The third kappa shape index (κ3) is 3.12. The summed E-state index contributed by atoms with van der Waals surface area (Å²) in [5, 5.41) is 12.4. The number of anilines is 2. The van der Waals surface area contributed by atoms with Crippen molar-refractivity contribution in [3.8, 4) is 6.07 Å². The average molecular weight is 316 g/mol. The van der Waals surface area contributed by atoms with E-state index in [1.54, 1.807) is 12.3 Å². The molecular weight excluding hydrogens is 302 g/mol. The maximum absolute atomic E-state index is 9.15. The molecule has 2 rings (SSSR count). The molecule has 0 aliphatic carbocycles. The number of rotatable bonds is 3. The fraction of sp³-hybridized carbons (Fsp3) is 0.200. The number of benzene rings is 1. The van der Waals surface area contributed by atoms with Crippen molar-refractivity contribution in [3.63, 3.8) is 0 Å². The maximum atomic E-state index is 9.15. The van der Waals surface area contributed by atoms with Gasteiger partial charge in [-0.1, -0.05) is 32.0 Å². The lowest BCUT2D eigenvalue weighted by Gasteiger charge is -2.14. The summed E-state index contributed by atoms with van der Waals surface area (Å²) < 4.78 is 0.798. The minimum atomic E-state index is 0.407. The van der Waals surface area contributed by atoms with Crippen LogP contribution in [0, 0.1) is 11.3 Å². The first-order valence-electron chi connectivity index (χ1n) is 6.03. The van der Waals surface area contributed by atoms with Crippen LogP contribution in [0.15, 0.2) is 41.0 Å². The molecule has 0 unspecified atom stereocenters. The molecule has 0 aliphatic rings. The van der Waals surface area contributed by atoms with Crippen LogP contribution >= 0.6 is 15.9 Å². The van der Waals surface area contributed by atoms with Crippen LogP contribution in [0.25, 0.3) is 0 Å². The van der Waals surface area contributed by atoms with Crippen molar-refractivity contribution in [1.82, 2.24) is 4.98 Å². The summed E-state index contributed by atoms with van der Waals surface area (Å²) in [6.07, 6.45) is 1.68. The zero-order valence-corrected chi connectivity index (χ0v) is 12.4. The van der Waals surface area contributed by atoms with Gasteiger partial charge in [0.1, 0.15) is 11.9 Å². The molecule has 1 heterocycles. The number of hydrogen-bond acceptors (Lipinski definition) is 3. The van der Waals surface area contributed by atoms with Gasteiger partial charge in [0.2, 0.25) is 0 Å². The highest BCUT2D eigenvalue weighted by molar-refractivity contribution is 9.10. The fourth-order valence-corrected chi connectivity index (χ4v) is 2.20. The number of aromatic nitrogens is 1. The zero-order chi connectivity index (χ0) is 13.8. The molecule has 2 aromatic rings. The Morgan fingerprint density at radius 1 is 1.32 bits per heavy atom. The Kier molecular flexibility index (Phi) is 4.18. The van der Waals surface area contributed by atoms with Crippen LogP contribution in [0.1, 0.15) is 30.9 Å². The van der Waals surface area contributed by atoms with E-state index >= 15 is 0 Å².